The minimum atomic E-state index is -0.0350. The molecule has 1 aliphatic heterocycles. The van der Waals surface area contributed by atoms with Crippen LogP contribution in [0.5, 0.6) is 0 Å². The van der Waals surface area contributed by atoms with Gasteiger partial charge in [0, 0.05) is 44.7 Å². The number of hydrogen-bond donors (Lipinski definition) is 2. The summed E-state index contributed by atoms with van der Waals surface area (Å²) >= 11 is 0. The van der Waals surface area contributed by atoms with Crippen molar-refractivity contribution in [3.8, 4) is 0 Å². The maximum absolute atomic E-state index is 12.4. The second-order valence-electron chi connectivity index (χ2n) is 5.01. The van der Waals surface area contributed by atoms with E-state index in [0.717, 1.165) is 13.1 Å². The van der Waals surface area contributed by atoms with Crippen LogP contribution in [0, 0.1) is 0 Å². The molecule has 110 valence electrons. The molecule has 0 radical (unpaired) electrons. The molecule has 0 aliphatic carbocycles. The molecule has 1 fully saturated rings. The SMILES string of the molecule is COC(C)N1CCN(C(=O)c2ccc(N)cc2N)CC1. The highest BCUT2D eigenvalue weighted by Gasteiger charge is 2.25. The molecular weight excluding hydrogens is 256 g/mol. The summed E-state index contributed by atoms with van der Waals surface area (Å²) in [6, 6.07) is 5.01. The van der Waals surface area contributed by atoms with Crippen molar-refractivity contribution in [3.05, 3.63) is 23.8 Å². The number of carbonyl (C=O) groups excluding carboxylic acids is 1. The molecule has 1 heterocycles. The van der Waals surface area contributed by atoms with Crippen molar-refractivity contribution in [3.63, 3.8) is 0 Å². The Kier molecular flexibility index (Phi) is 4.46. The molecule has 6 nitrogen and oxygen atoms in total. The van der Waals surface area contributed by atoms with E-state index in [0.29, 0.717) is 30.0 Å². The fourth-order valence-electron chi connectivity index (χ4n) is 2.38. The topological polar surface area (TPSA) is 84.8 Å². The zero-order valence-corrected chi connectivity index (χ0v) is 12.0. The Hall–Kier alpha value is -1.79. The normalized spacial score (nSPS) is 18.0. The van der Waals surface area contributed by atoms with Gasteiger partial charge in [-0.1, -0.05) is 0 Å². The van der Waals surface area contributed by atoms with E-state index in [4.69, 9.17) is 16.2 Å². The highest BCUT2D eigenvalue weighted by molar-refractivity contribution is 5.99. The predicted molar refractivity (Wildman–Crippen MR) is 79.2 cm³/mol. The van der Waals surface area contributed by atoms with Crippen LogP contribution in [-0.2, 0) is 4.74 Å². The fourth-order valence-corrected chi connectivity index (χ4v) is 2.38. The summed E-state index contributed by atoms with van der Waals surface area (Å²) in [5, 5.41) is 0. The standard InChI is InChI=1S/C14H22N4O2/c1-10(20-2)17-5-7-18(8-6-17)14(19)12-4-3-11(15)9-13(12)16/h3-4,9-10H,5-8,15-16H2,1-2H3. The van der Waals surface area contributed by atoms with Gasteiger partial charge in [-0.15, -0.1) is 0 Å². The van der Waals surface area contributed by atoms with Gasteiger partial charge in [0.05, 0.1) is 5.56 Å². The van der Waals surface area contributed by atoms with Gasteiger partial charge in [-0.25, -0.2) is 0 Å². The molecule has 0 bridgehead atoms. The Morgan fingerprint density at radius 2 is 1.90 bits per heavy atom. The number of nitrogens with zero attached hydrogens (tertiary/aromatic N) is 2. The molecule has 6 heteroatoms. The average molecular weight is 278 g/mol. The van der Waals surface area contributed by atoms with Crippen LogP contribution in [0.4, 0.5) is 11.4 Å². The second-order valence-corrected chi connectivity index (χ2v) is 5.01. The first-order chi connectivity index (χ1) is 9.52. The number of methoxy groups -OCH3 is 1. The lowest BCUT2D eigenvalue weighted by Crippen LogP contribution is -2.51. The number of nitrogens with two attached hydrogens (primary N) is 2. The fraction of sp³-hybridized carbons (Fsp3) is 0.500. The first-order valence-electron chi connectivity index (χ1n) is 6.74. The summed E-state index contributed by atoms with van der Waals surface area (Å²) in [7, 11) is 1.69. The van der Waals surface area contributed by atoms with Crippen LogP contribution in [0.25, 0.3) is 0 Å². The van der Waals surface area contributed by atoms with Gasteiger partial charge in [0.2, 0.25) is 0 Å². The van der Waals surface area contributed by atoms with E-state index in [1.54, 1.807) is 25.3 Å². The lowest BCUT2D eigenvalue weighted by Gasteiger charge is -2.37. The molecule has 4 N–H and O–H groups in total. The first-order valence-corrected chi connectivity index (χ1v) is 6.74. The molecule has 20 heavy (non-hydrogen) atoms. The first kappa shape index (κ1) is 14.6. The molecule has 2 rings (SSSR count). The van der Waals surface area contributed by atoms with Crippen LogP contribution in [0.3, 0.4) is 0 Å². The predicted octanol–water partition coefficient (Wildman–Crippen LogP) is 0.601. The smallest absolute Gasteiger partial charge is 0.256 e. The number of rotatable bonds is 3. The third kappa shape index (κ3) is 3.02. The number of benzene rings is 1. The Morgan fingerprint density at radius 1 is 1.25 bits per heavy atom. The summed E-state index contributed by atoms with van der Waals surface area (Å²) < 4.78 is 5.29. The van der Waals surface area contributed by atoms with Gasteiger partial charge < -0.3 is 21.1 Å². The van der Waals surface area contributed by atoms with E-state index in [9.17, 15) is 4.79 Å². The van der Waals surface area contributed by atoms with Gasteiger partial charge in [-0.05, 0) is 25.1 Å². The highest BCUT2D eigenvalue weighted by Crippen LogP contribution is 2.19. The van der Waals surface area contributed by atoms with Crippen molar-refractivity contribution >= 4 is 17.3 Å². The number of ether oxygens (including phenoxy) is 1. The molecule has 0 saturated carbocycles. The average Bonchev–Trinajstić information content (AvgIpc) is 2.46. The lowest BCUT2D eigenvalue weighted by molar-refractivity contribution is -0.0383. The molecule has 1 aliphatic rings. The third-order valence-electron chi connectivity index (χ3n) is 3.76. The molecule has 1 unspecified atom stereocenters. The number of piperazine rings is 1. The Morgan fingerprint density at radius 3 is 2.45 bits per heavy atom. The van der Waals surface area contributed by atoms with Crippen molar-refractivity contribution in [2.45, 2.75) is 13.2 Å². The van der Waals surface area contributed by atoms with E-state index >= 15 is 0 Å². The quantitative estimate of drug-likeness (QED) is 0.791. The van der Waals surface area contributed by atoms with E-state index in [2.05, 4.69) is 4.90 Å². The van der Waals surface area contributed by atoms with Crippen LogP contribution in [-0.4, -0.2) is 55.2 Å². The van der Waals surface area contributed by atoms with E-state index in [1.807, 2.05) is 11.8 Å². The summed E-state index contributed by atoms with van der Waals surface area (Å²) in [4.78, 5) is 16.5. The minimum Gasteiger partial charge on any atom is -0.399 e. The summed E-state index contributed by atoms with van der Waals surface area (Å²) in [5.41, 5.74) is 13.0. The maximum Gasteiger partial charge on any atom is 0.256 e. The number of nitrogen functional groups attached to an aromatic ring is 2. The van der Waals surface area contributed by atoms with Crippen molar-refractivity contribution < 1.29 is 9.53 Å². The van der Waals surface area contributed by atoms with Crippen molar-refractivity contribution in [2.75, 3.05) is 44.8 Å². The summed E-state index contributed by atoms with van der Waals surface area (Å²) in [6.07, 6.45) is 0.0776. The van der Waals surface area contributed by atoms with E-state index in [1.165, 1.54) is 0 Å². The molecule has 1 atom stereocenters. The van der Waals surface area contributed by atoms with Gasteiger partial charge in [0.1, 0.15) is 6.23 Å². The van der Waals surface area contributed by atoms with Gasteiger partial charge >= 0.3 is 0 Å². The second kappa shape index (κ2) is 6.11. The summed E-state index contributed by atoms with van der Waals surface area (Å²) in [6.45, 7) is 4.97. The van der Waals surface area contributed by atoms with Gasteiger partial charge in [0.25, 0.3) is 5.91 Å². The molecule has 0 spiro atoms. The Balaban J connectivity index is 2.01. The largest absolute Gasteiger partial charge is 0.399 e. The van der Waals surface area contributed by atoms with Crippen LogP contribution < -0.4 is 11.5 Å². The molecule has 1 saturated heterocycles. The van der Waals surface area contributed by atoms with Gasteiger partial charge in [-0.2, -0.15) is 0 Å². The van der Waals surface area contributed by atoms with Crippen LogP contribution in [0.2, 0.25) is 0 Å². The number of amides is 1. The Bertz CT molecular complexity index is 484. The third-order valence-corrected chi connectivity index (χ3v) is 3.76. The molecule has 1 aromatic rings. The zero-order valence-electron chi connectivity index (χ0n) is 12.0. The van der Waals surface area contributed by atoms with Crippen LogP contribution in [0.1, 0.15) is 17.3 Å². The molecule has 1 aromatic carbocycles. The number of carbonyl (C=O) groups is 1. The van der Waals surface area contributed by atoms with Crippen LogP contribution >= 0.6 is 0 Å². The zero-order chi connectivity index (χ0) is 14.7. The molecular formula is C14H22N4O2. The maximum atomic E-state index is 12.4. The van der Waals surface area contributed by atoms with Crippen LogP contribution in [0.15, 0.2) is 18.2 Å². The van der Waals surface area contributed by atoms with Crippen molar-refractivity contribution in [2.24, 2.45) is 0 Å². The van der Waals surface area contributed by atoms with Crippen molar-refractivity contribution in [1.82, 2.24) is 9.80 Å². The highest BCUT2D eigenvalue weighted by atomic mass is 16.5. The lowest BCUT2D eigenvalue weighted by atomic mass is 10.1. The minimum absolute atomic E-state index is 0.0350. The monoisotopic (exact) mass is 278 g/mol. The summed E-state index contributed by atoms with van der Waals surface area (Å²) in [5.74, 6) is -0.0350. The number of anilines is 2. The number of hydrogen-bond acceptors (Lipinski definition) is 5. The Labute approximate surface area is 119 Å². The van der Waals surface area contributed by atoms with E-state index in [-0.39, 0.29) is 12.1 Å². The molecule has 0 aromatic heterocycles. The molecule has 1 amide bonds. The van der Waals surface area contributed by atoms with Crippen molar-refractivity contribution in [1.29, 1.82) is 0 Å². The van der Waals surface area contributed by atoms with E-state index < -0.39 is 0 Å². The van der Waals surface area contributed by atoms with Gasteiger partial charge in [-0.3, -0.25) is 9.69 Å². The van der Waals surface area contributed by atoms with Gasteiger partial charge in [0.15, 0.2) is 0 Å².